The lowest BCUT2D eigenvalue weighted by Gasteiger charge is -2.54. The number of fused-ring (bicyclic) bond motifs is 1. The highest BCUT2D eigenvalue weighted by atomic mass is 16.5. The zero-order valence-corrected chi connectivity index (χ0v) is 21.0. The minimum atomic E-state index is 0.00670. The number of piperidine rings is 1. The number of aromatic hydroxyl groups is 1. The molecule has 35 heavy (non-hydrogen) atoms. The Morgan fingerprint density at radius 1 is 1.17 bits per heavy atom. The molecule has 1 amide bonds. The number of rotatable bonds is 7. The SMILES string of the molecule is COc1cccc(/C=C/C(=O)N(C)C2CCC3CN(CC4CC4)CCC3(c3cccc(O)c3)C2)c1. The van der Waals surface area contributed by atoms with Gasteiger partial charge < -0.3 is 19.6 Å². The van der Waals surface area contributed by atoms with Crippen LogP contribution in [0.25, 0.3) is 6.08 Å². The molecule has 2 aromatic rings. The molecule has 2 aromatic carbocycles. The maximum absolute atomic E-state index is 13.2. The number of hydrogen-bond donors (Lipinski definition) is 1. The second-order valence-electron chi connectivity index (χ2n) is 10.9. The summed E-state index contributed by atoms with van der Waals surface area (Å²) in [4.78, 5) is 17.8. The second-order valence-corrected chi connectivity index (χ2v) is 10.9. The van der Waals surface area contributed by atoms with Crippen molar-refractivity contribution in [3.63, 3.8) is 0 Å². The maximum Gasteiger partial charge on any atom is 0.246 e. The molecule has 3 fully saturated rings. The Morgan fingerprint density at radius 2 is 2.00 bits per heavy atom. The number of hydrogen-bond acceptors (Lipinski definition) is 4. The summed E-state index contributed by atoms with van der Waals surface area (Å²) < 4.78 is 5.30. The van der Waals surface area contributed by atoms with Crippen LogP contribution in [0, 0.1) is 11.8 Å². The topological polar surface area (TPSA) is 53.0 Å². The first-order valence-corrected chi connectivity index (χ1v) is 13.1. The molecule has 3 atom stereocenters. The molecule has 2 aliphatic carbocycles. The van der Waals surface area contributed by atoms with E-state index in [4.69, 9.17) is 4.74 Å². The van der Waals surface area contributed by atoms with E-state index < -0.39 is 0 Å². The molecule has 1 N–H and O–H groups in total. The van der Waals surface area contributed by atoms with Gasteiger partial charge >= 0.3 is 0 Å². The number of amides is 1. The lowest BCUT2D eigenvalue weighted by atomic mass is 9.57. The number of phenols is 1. The quantitative estimate of drug-likeness (QED) is 0.568. The van der Waals surface area contributed by atoms with Gasteiger partial charge in [0.1, 0.15) is 11.5 Å². The van der Waals surface area contributed by atoms with Gasteiger partial charge in [-0.25, -0.2) is 0 Å². The third-order valence-corrected chi connectivity index (χ3v) is 8.62. The summed E-state index contributed by atoms with van der Waals surface area (Å²) in [5.41, 5.74) is 2.20. The maximum atomic E-state index is 13.2. The van der Waals surface area contributed by atoms with Crippen LogP contribution in [0.3, 0.4) is 0 Å². The third-order valence-electron chi connectivity index (χ3n) is 8.62. The van der Waals surface area contributed by atoms with Crippen LogP contribution < -0.4 is 4.74 Å². The van der Waals surface area contributed by atoms with Crippen LogP contribution in [-0.2, 0) is 10.2 Å². The van der Waals surface area contributed by atoms with Gasteiger partial charge in [-0.05, 0) is 98.4 Å². The number of benzene rings is 2. The number of nitrogens with zero attached hydrogens (tertiary/aromatic N) is 2. The van der Waals surface area contributed by atoms with E-state index in [0.717, 1.165) is 56.0 Å². The summed E-state index contributed by atoms with van der Waals surface area (Å²) in [5.74, 6) is 2.62. The van der Waals surface area contributed by atoms with Crippen molar-refractivity contribution < 1.29 is 14.6 Å². The van der Waals surface area contributed by atoms with Crippen molar-refractivity contribution in [3.05, 3.63) is 65.7 Å². The molecule has 1 heterocycles. The molecule has 0 spiro atoms. The molecule has 1 saturated heterocycles. The van der Waals surface area contributed by atoms with Crippen molar-refractivity contribution in [1.82, 2.24) is 9.80 Å². The second kappa shape index (κ2) is 10.1. The number of ether oxygens (including phenoxy) is 1. The van der Waals surface area contributed by atoms with Gasteiger partial charge in [0.25, 0.3) is 0 Å². The first-order chi connectivity index (χ1) is 17.0. The number of likely N-dealkylation sites (N-methyl/N-ethyl adjacent to an activating group) is 1. The van der Waals surface area contributed by atoms with Crippen molar-refractivity contribution in [2.45, 2.75) is 50.0 Å². The van der Waals surface area contributed by atoms with Gasteiger partial charge in [0, 0.05) is 37.7 Å². The van der Waals surface area contributed by atoms with Crippen LogP contribution in [0.5, 0.6) is 11.5 Å². The van der Waals surface area contributed by atoms with Crippen LogP contribution in [0.4, 0.5) is 0 Å². The lowest BCUT2D eigenvalue weighted by Crippen LogP contribution is -2.56. The fourth-order valence-corrected chi connectivity index (χ4v) is 6.38. The number of carbonyl (C=O) groups is 1. The van der Waals surface area contributed by atoms with E-state index in [-0.39, 0.29) is 17.4 Å². The number of carbonyl (C=O) groups excluding carboxylic acids is 1. The molecule has 2 saturated carbocycles. The van der Waals surface area contributed by atoms with Gasteiger partial charge in [0.05, 0.1) is 7.11 Å². The number of methoxy groups -OCH3 is 1. The normalized spacial score (nSPS) is 26.9. The van der Waals surface area contributed by atoms with Gasteiger partial charge in [0.15, 0.2) is 0 Å². The molecule has 5 heteroatoms. The predicted molar refractivity (Wildman–Crippen MR) is 139 cm³/mol. The highest BCUT2D eigenvalue weighted by Crippen LogP contribution is 2.51. The Bertz CT molecular complexity index is 1080. The molecule has 1 aliphatic heterocycles. The Labute approximate surface area is 209 Å². The summed E-state index contributed by atoms with van der Waals surface area (Å²) >= 11 is 0. The summed E-state index contributed by atoms with van der Waals surface area (Å²) in [5, 5.41) is 10.3. The van der Waals surface area contributed by atoms with E-state index in [0.29, 0.717) is 11.7 Å². The molecular weight excluding hydrogens is 436 g/mol. The summed E-state index contributed by atoms with van der Waals surface area (Å²) in [7, 11) is 3.60. The van der Waals surface area contributed by atoms with Crippen molar-refractivity contribution >= 4 is 12.0 Å². The fraction of sp³-hybridized carbons (Fsp3) is 0.500. The average molecular weight is 475 g/mol. The largest absolute Gasteiger partial charge is 0.508 e. The average Bonchev–Trinajstić information content (AvgIpc) is 3.70. The lowest BCUT2D eigenvalue weighted by molar-refractivity contribution is -0.128. The van der Waals surface area contributed by atoms with Gasteiger partial charge in [-0.1, -0.05) is 24.3 Å². The Kier molecular flexibility index (Phi) is 6.88. The zero-order chi connectivity index (χ0) is 24.4. The molecule has 5 nitrogen and oxygen atoms in total. The molecule has 0 bridgehead atoms. The van der Waals surface area contributed by atoms with E-state index >= 15 is 0 Å². The van der Waals surface area contributed by atoms with Gasteiger partial charge in [-0.15, -0.1) is 0 Å². The van der Waals surface area contributed by atoms with Crippen LogP contribution in [0.15, 0.2) is 54.6 Å². The third kappa shape index (κ3) is 5.25. The van der Waals surface area contributed by atoms with Crippen molar-refractivity contribution in [1.29, 1.82) is 0 Å². The predicted octanol–water partition coefficient (Wildman–Crippen LogP) is 5.09. The summed E-state index contributed by atoms with van der Waals surface area (Å²) in [6.07, 6.45) is 10.5. The van der Waals surface area contributed by atoms with E-state index in [1.54, 1.807) is 19.3 Å². The number of phenolic OH excluding ortho intramolecular Hbond substituents is 1. The van der Waals surface area contributed by atoms with Crippen LogP contribution in [0.2, 0.25) is 0 Å². The fourth-order valence-electron chi connectivity index (χ4n) is 6.38. The van der Waals surface area contributed by atoms with Gasteiger partial charge in [-0.3, -0.25) is 4.79 Å². The summed E-state index contributed by atoms with van der Waals surface area (Å²) in [6.45, 7) is 3.47. The van der Waals surface area contributed by atoms with E-state index in [1.165, 1.54) is 24.9 Å². The minimum Gasteiger partial charge on any atom is -0.508 e. The number of likely N-dealkylation sites (tertiary alicyclic amines) is 1. The first-order valence-electron chi connectivity index (χ1n) is 13.1. The molecule has 0 radical (unpaired) electrons. The molecule has 3 aliphatic rings. The molecule has 3 unspecified atom stereocenters. The molecule has 186 valence electrons. The summed E-state index contributed by atoms with van der Waals surface area (Å²) in [6, 6.07) is 15.8. The van der Waals surface area contributed by atoms with Crippen molar-refractivity contribution in [2.24, 2.45) is 11.8 Å². The van der Waals surface area contributed by atoms with E-state index in [1.807, 2.05) is 54.4 Å². The molecule has 0 aromatic heterocycles. The van der Waals surface area contributed by atoms with Gasteiger partial charge in [0.2, 0.25) is 5.91 Å². The minimum absolute atomic E-state index is 0.00670. The Morgan fingerprint density at radius 3 is 2.77 bits per heavy atom. The Hall–Kier alpha value is -2.79. The highest BCUT2D eigenvalue weighted by molar-refractivity contribution is 5.91. The molecular formula is C30H38N2O3. The van der Waals surface area contributed by atoms with Crippen LogP contribution >= 0.6 is 0 Å². The van der Waals surface area contributed by atoms with Gasteiger partial charge in [-0.2, -0.15) is 0 Å². The Balaban J connectivity index is 1.33. The first kappa shape index (κ1) is 23.9. The van der Waals surface area contributed by atoms with E-state index in [9.17, 15) is 9.90 Å². The monoisotopic (exact) mass is 474 g/mol. The van der Waals surface area contributed by atoms with Crippen LogP contribution in [-0.4, -0.2) is 60.6 Å². The van der Waals surface area contributed by atoms with Crippen molar-refractivity contribution in [3.8, 4) is 11.5 Å². The van der Waals surface area contributed by atoms with Crippen LogP contribution in [0.1, 0.15) is 49.7 Å². The highest BCUT2D eigenvalue weighted by Gasteiger charge is 2.49. The molecule has 5 rings (SSSR count). The van der Waals surface area contributed by atoms with Crippen molar-refractivity contribution in [2.75, 3.05) is 33.8 Å². The van der Waals surface area contributed by atoms with E-state index in [2.05, 4.69) is 11.0 Å². The smallest absolute Gasteiger partial charge is 0.246 e. The standard InChI is InChI=1S/C30H38N2O3/c1-31(29(34)14-11-22-5-3-8-28(17-22)35-2)26-13-12-25-21-32(20-23-9-10-23)16-15-30(25,19-26)24-6-4-7-27(33)18-24/h3-8,11,14,17-18,23,25-26,33H,9-10,12-13,15-16,19-21H2,1-2H3/b14-11+. The zero-order valence-electron chi connectivity index (χ0n) is 21.0.